The third-order valence-electron chi connectivity index (χ3n) is 3.65. The standard InChI is InChI=1S/C16H20O3/c1-4-19-15(18)12-7-5-11(6-8-12)14(17)13-9-16(2,3)10-13/h5-8,13H,4,9-10H2,1-3H3. The van der Waals surface area contributed by atoms with E-state index in [-0.39, 0.29) is 17.7 Å². The molecule has 3 nitrogen and oxygen atoms in total. The third kappa shape index (κ3) is 3.03. The Morgan fingerprint density at radius 2 is 1.68 bits per heavy atom. The third-order valence-corrected chi connectivity index (χ3v) is 3.65. The summed E-state index contributed by atoms with van der Waals surface area (Å²) < 4.78 is 4.91. The van der Waals surface area contributed by atoms with E-state index in [0.29, 0.717) is 23.1 Å². The first-order chi connectivity index (χ1) is 8.93. The Kier molecular flexibility index (Phi) is 3.74. The molecule has 0 spiro atoms. The van der Waals surface area contributed by atoms with Crippen molar-refractivity contribution in [2.45, 2.75) is 33.6 Å². The summed E-state index contributed by atoms with van der Waals surface area (Å²) in [6.07, 6.45) is 1.90. The first-order valence-corrected chi connectivity index (χ1v) is 6.74. The number of rotatable bonds is 4. The maximum Gasteiger partial charge on any atom is 0.338 e. The minimum atomic E-state index is -0.341. The summed E-state index contributed by atoms with van der Waals surface area (Å²) >= 11 is 0. The van der Waals surface area contributed by atoms with Crippen LogP contribution >= 0.6 is 0 Å². The van der Waals surface area contributed by atoms with Crippen LogP contribution in [0, 0.1) is 11.3 Å². The molecule has 0 heterocycles. The van der Waals surface area contributed by atoms with Gasteiger partial charge in [0.2, 0.25) is 0 Å². The lowest BCUT2D eigenvalue weighted by molar-refractivity contribution is 0.0525. The smallest absolute Gasteiger partial charge is 0.338 e. The zero-order chi connectivity index (χ0) is 14.0. The van der Waals surface area contributed by atoms with Crippen LogP contribution in [-0.4, -0.2) is 18.4 Å². The molecule has 1 aliphatic rings. The highest BCUT2D eigenvalue weighted by molar-refractivity contribution is 5.99. The van der Waals surface area contributed by atoms with Crippen molar-refractivity contribution in [2.24, 2.45) is 11.3 Å². The van der Waals surface area contributed by atoms with Crippen LogP contribution in [0.1, 0.15) is 54.3 Å². The van der Waals surface area contributed by atoms with Crippen molar-refractivity contribution < 1.29 is 14.3 Å². The Labute approximate surface area is 114 Å². The number of benzene rings is 1. The molecule has 19 heavy (non-hydrogen) atoms. The second-order valence-corrected chi connectivity index (χ2v) is 5.93. The average Bonchev–Trinajstić information content (AvgIpc) is 2.35. The second kappa shape index (κ2) is 5.16. The van der Waals surface area contributed by atoms with Gasteiger partial charge in [-0.3, -0.25) is 4.79 Å². The average molecular weight is 260 g/mol. The van der Waals surface area contributed by atoms with Gasteiger partial charge in [-0.05, 0) is 37.3 Å². The maximum atomic E-state index is 12.2. The molecule has 0 bridgehead atoms. The molecule has 2 rings (SSSR count). The van der Waals surface area contributed by atoms with Crippen molar-refractivity contribution in [1.82, 2.24) is 0 Å². The first-order valence-electron chi connectivity index (χ1n) is 6.74. The zero-order valence-corrected chi connectivity index (χ0v) is 11.7. The Morgan fingerprint density at radius 1 is 1.16 bits per heavy atom. The molecule has 0 saturated heterocycles. The number of hydrogen-bond donors (Lipinski definition) is 0. The fraction of sp³-hybridized carbons (Fsp3) is 0.500. The van der Waals surface area contributed by atoms with E-state index >= 15 is 0 Å². The molecular weight excluding hydrogens is 240 g/mol. The first kappa shape index (κ1) is 13.8. The Morgan fingerprint density at radius 3 is 2.16 bits per heavy atom. The van der Waals surface area contributed by atoms with Gasteiger partial charge in [0, 0.05) is 11.5 Å². The van der Waals surface area contributed by atoms with Crippen LogP contribution in [0.3, 0.4) is 0 Å². The fourth-order valence-electron chi connectivity index (χ4n) is 2.68. The van der Waals surface area contributed by atoms with Gasteiger partial charge in [-0.2, -0.15) is 0 Å². The quantitative estimate of drug-likeness (QED) is 0.615. The highest BCUT2D eigenvalue weighted by atomic mass is 16.5. The summed E-state index contributed by atoms with van der Waals surface area (Å²) in [5.41, 5.74) is 1.48. The molecule has 1 aliphatic carbocycles. The number of esters is 1. The van der Waals surface area contributed by atoms with E-state index in [2.05, 4.69) is 13.8 Å². The van der Waals surface area contributed by atoms with E-state index in [9.17, 15) is 9.59 Å². The molecule has 102 valence electrons. The van der Waals surface area contributed by atoms with Crippen molar-refractivity contribution in [2.75, 3.05) is 6.61 Å². The fourth-order valence-corrected chi connectivity index (χ4v) is 2.68. The van der Waals surface area contributed by atoms with Gasteiger partial charge in [0.25, 0.3) is 0 Å². The predicted molar refractivity (Wildman–Crippen MR) is 73.2 cm³/mol. The number of carbonyl (C=O) groups is 2. The summed E-state index contributed by atoms with van der Waals surface area (Å²) in [6.45, 7) is 6.49. The molecule has 0 aliphatic heterocycles. The minimum Gasteiger partial charge on any atom is -0.462 e. The van der Waals surface area contributed by atoms with E-state index in [1.165, 1.54) is 0 Å². The van der Waals surface area contributed by atoms with Crippen molar-refractivity contribution in [1.29, 1.82) is 0 Å². The molecule has 0 radical (unpaired) electrons. The zero-order valence-electron chi connectivity index (χ0n) is 11.7. The molecule has 1 saturated carbocycles. The summed E-state index contributed by atoms with van der Waals surface area (Å²) in [5, 5.41) is 0. The highest BCUT2D eigenvalue weighted by Crippen LogP contribution is 2.46. The maximum absolute atomic E-state index is 12.2. The lowest BCUT2D eigenvalue weighted by Gasteiger charge is -2.41. The Balaban J connectivity index is 2.03. The molecule has 1 fully saturated rings. The minimum absolute atomic E-state index is 0.142. The molecule has 1 aromatic rings. The van der Waals surface area contributed by atoms with Gasteiger partial charge < -0.3 is 4.74 Å². The SMILES string of the molecule is CCOC(=O)c1ccc(C(=O)C2CC(C)(C)C2)cc1. The van der Waals surface area contributed by atoms with Gasteiger partial charge in [-0.1, -0.05) is 26.0 Å². The summed E-state index contributed by atoms with van der Waals surface area (Å²) in [4.78, 5) is 23.7. The van der Waals surface area contributed by atoms with E-state index in [0.717, 1.165) is 12.8 Å². The van der Waals surface area contributed by atoms with Crippen molar-refractivity contribution in [3.05, 3.63) is 35.4 Å². The van der Waals surface area contributed by atoms with Gasteiger partial charge in [0.1, 0.15) is 0 Å². The summed E-state index contributed by atoms with van der Waals surface area (Å²) in [7, 11) is 0. The number of Topliss-reactive ketones (excluding diaryl/α,β-unsaturated/α-hetero) is 1. The molecule has 1 aromatic carbocycles. The molecule has 3 heteroatoms. The predicted octanol–water partition coefficient (Wildman–Crippen LogP) is 3.48. The van der Waals surface area contributed by atoms with Gasteiger partial charge in [-0.25, -0.2) is 4.79 Å². The van der Waals surface area contributed by atoms with Crippen LogP contribution in [0.25, 0.3) is 0 Å². The van der Waals surface area contributed by atoms with Crippen molar-refractivity contribution >= 4 is 11.8 Å². The molecule has 0 unspecified atom stereocenters. The Hall–Kier alpha value is -1.64. The van der Waals surface area contributed by atoms with Crippen LogP contribution in [0.4, 0.5) is 0 Å². The van der Waals surface area contributed by atoms with E-state index in [1.54, 1.807) is 31.2 Å². The van der Waals surface area contributed by atoms with Crippen LogP contribution in [0.15, 0.2) is 24.3 Å². The van der Waals surface area contributed by atoms with Crippen molar-refractivity contribution in [3.8, 4) is 0 Å². The summed E-state index contributed by atoms with van der Waals surface area (Å²) in [5.74, 6) is -0.00977. The van der Waals surface area contributed by atoms with Gasteiger partial charge in [0.15, 0.2) is 5.78 Å². The molecule has 0 N–H and O–H groups in total. The Bertz CT molecular complexity index is 477. The highest BCUT2D eigenvalue weighted by Gasteiger charge is 2.40. The van der Waals surface area contributed by atoms with Crippen LogP contribution in [0.2, 0.25) is 0 Å². The lowest BCUT2D eigenvalue weighted by atomic mass is 9.62. The number of carbonyl (C=O) groups excluding carboxylic acids is 2. The number of ketones is 1. The van der Waals surface area contributed by atoms with Crippen LogP contribution < -0.4 is 0 Å². The van der Waals surface area contributed by atoms with Gasteiger partial charge >= 0.3 is 5.97 Å². The van der Waals surface area contributed by atoms with Crippen LogP contribution in [0.5, 0.6) is 0 Å². The monoisotopic (exact) mass is 260 g/mol. The lowest BCUT2D eigenvalue weighted by Crippen LogP contribution is -2.36. The van der Waals surface area contributed by atoms with Crippen molar-refractivity contribution in [3.63, 3.8) is 0 Å². The van der Waals surface area contributed by atoms with E-state index < -0.39 is 0 Å². The normalized spacial score (nSPS) is 17.6. The molecule has 0 amide bonds. The van der Waals surface area contributed by atoms with E-state index in [4.69, 9.17) is 4.74 Å². The second-order valence-electron chi connectivity index (χ2n) is 5.93. The van der Waals surface area contributed by atoms with E-state index in [1.807, 2.05) is 0 Å². The molecular formula is C16H20O3. The summed E-state index contributed by atoms with van der Waals surface area (Å²) in [6, 6.07) is 6.77. The van der Waals surface area contributed by atoms with Crippen LogP contribution in [-0.2, 0) is 4.74 Å². The molecule has 0 aromatic heterocycles. The van der Waals surface area contributed by atoms with Gasteiger partial charge in [-0.15, -0.1) is 0 Å². The number of ether oxygens (including phenoxy) is 1. The largest absolute Gasteiger partial charge is 0.462 e. The van der Waals surface area contributed by atoms with Gasteiger partial charge in [0.05, 0.1) is 12.2 Å². The number of hydrogen-bond acceptors (Lipinski definition) is 3. The topological polar surface area (TPSA) is 43.4 Å². The molecule has 0 atom stereocenters.